The van der Waals surface area contributed by atoms with Crippen LogP contribution in [0.2, 0.25) is 0 Å². The number of thiophene rings is 1. The van der Waals surface area contributed by atoms with Gasteiger partial charge in [-0.3, -0.25) is 0 Å². The second-order valence-electron chi connectivity index (χ2n) is 16.3. The molecule has 0 saturated heterocycles. The predicted octanol–water partition coefficient (Wildman–Crippen LogP) is 15.7. The van der Waals surface area contributed by atoms with Gasteiger partial charge in [-0.2, -0.15) is 0 Å². The number of nitrogens with zero attached hydrogens (tertiary/aromatic N) is 4. The summed E-state index contributed by atoms with van der Waals surface area (Å²) in [6.07, 6.45) is 0. The Labute approximate surface area is 363 Å². The lowest BCUT2D eigenvalue weighted by molar-refractivity contribution is 0.672. The van der Waals surface area contributed by atoms with Gasteiger partial charge in [0, 0.05) is 69.2 Å². The Morgan fingerprint density at radius 2 is 1.00 bits per heavy atom. The molecular formula is C57H32N4OS. The summed E-state index contributed by atoms with van der Waals surface area (Å²) >= 11 is 1.81. The van der Waals surface area contributed by atoms with Crippen LogP contribution in [0, 0.1) is 0 Å². The van der Waals surface area contributed by atoms with Crippen molar-refractivity contribution in [3.05, 3.63) is 194 Å². The molecule has 14 aromatic rings. The lowest BCUT2D eigenvalue weighted by Gasteiger charge is -2.13. The van der Waals surface area contributed by atoms with Gasteiger partial charge in [-0.25, -0.2) is 15.0 Å². The summed E-state index contributed by atoms with van der Waals surface area (Å²) in [6.45, 7) is 0. The third kappa shape index (κ3) is 5.19. The van der Waals surface area contributed by atoms with E-state index in [-0.39, 0.29) is 0 Å². The molecule has 0 aliphatic rings. The van der Waals surface area contributed by atoms with Crippen molar-refractivity contribution in [3.8, 4) is 39.9 Å². The van der Waals surface area contributed by atoms with Gasteiger partial charge in [0.15, 0.2) is 17.5 Å². The molecule has 10 aromatic carbocycles. The van der Waals surface area contributed by atoms with E-state index in [0.29, 0.717) is 17.5 Å². The molecule has 0 N–H and O–H groups in total. The molecule has 0 atom stereocenters. The molecule has 0 aliphatic carbocycles. The summed E-state index contributed by atoms with van der Waals surface area (Å²) < 4.78 is 11.9. The Balaban J connectivity index is 0.989. The first-order valence-electron chi connectivity index (χ1n) is 21.2. The maximum atomic E-state index is 6.92. The van der Waals surface area contributed by atoms with E-state index in [1.807, 2.05) is 30.3 Å². The van der Waals surface area contributed by atoms with E-state index in [4.69, 9.17) is 19.4 Å². The number of aromatic nitrogens is 4. The molecule has 5 nitrogen and oxygen atoms in total. The van der Waals surface area contributed by atoms with Gasteiger partial charge < -0.3 is 8.98 Å². The van der Waals surface area contributed by atoms with Crippen LogP contribution in [-0.2, 0) is 0 Å². The van der Waals surface area contributed by atoms with E-state index in [2.05, 4.69) is 168 Å². The molecule has 6 heteroatoms. The zero-order valence-electron chi connectivity index (χ0n) is 33.6. The lowest BCUT2D eigenvalue weighted by atomic mass is 10.0. The Morgan fingerprint density at radius 1 is 0.365 bits per heavy atom. The van der Waals surface area contributed by atoms with Crippen LogP contribution in [-0.4, -0.2) is 19.5 Å². The fourth-order valence-corrected chi connectivity index (χ4v) is 10.9. The molecule has 292 valence electrons. The van der Waals surface area contributed by atoms with E-state index in [0.717, 1.165) is 55.1 Å². The number of furan rings is 1. The van der Waals surface area contributed by atoms with Crippen LogP contribution < -0.4 is 0 Å². The minimum atomic E-state index is 0.590. The van der Waals surface area contributed by atoms with Gasteiger partial charge in [0.1, 0.15) is 11.2 Å². The second kappa shape index (κ2) is 13.2. The topological polar surface area (TPSA) is 56.7 Å². The van der Waals surface area contributed by atoms with Gasteiger partial charge in [0.05, 0.1) is 16.7 Å². The summed E-state index contributed by atoms with van der Waals surface area (Å²) in [5.41, 5.74) is 7.82. The molecule has 0 unspecified atom stereocenters. The average molecular weight is 821 g/mol. The first kappa shape index (κ1) is 34.5. The van der Waals surface area contributed by atoms with Crippen molar-refractivity contribution in [1.82, 2.24) is 19.5 Å². The summed E-state index contributed by atoms with van der Waals surface area (Å²) in [7, 11) is 0. The molecule has 0 fully saturated rings. The van der Waals surface area contributed by atoms with Crippen molar-refractivity contribution >= 4 is 108 Å². The van der Waals surface area contributed by atoms with Gasteiger partial charge in [-0.1, -0.05) is 133 Å². The molecule has 0 bridgehead atoms. The summed E-state index contributed by atoms with van der Waals surface area (Å²) in [5, 5.41) is 14.1. The monoisotopic (exact) mass is 820 g/mol. The maximum Gasteiger partial charge on any atom is 0.164 e. The van der Waals surface area contributed by atoms with Crippen LogP contribution in [0.25, 0.3) is 136 Å². The lowest BCUT2D eigenvalue weighted by Crippen LogP contribution is -2.00. The van der Waals surface area contributed by atoms with E-state index in [1.165, 1.54) is 63.5 Å². The fourth-order valence-electron chi connectivity index (χ4n) is 9.85. The fraction of sp³-hybridized carbons (Fsp3) is 0. The highest BCUT2D eigenvalue weighted by Gasteiger charge is 2.22. The van der Waals surface area contributed by atoms with Crippen LogP contribution in [0.15, 0.2) is 199 Å². The molecular weight excluding hydrogens is 789 g/mol. The minimum Gasteiger partial charge on any atom is -0.455 e. The van der Waals surface area contributed by atoms with Crippen LogP contribution in [0.3, 0.4) is 0 Å². The summed E-state index contributed by atoms with van der Waals surface area (Å²) in [5.74, 6) is 1.84. The third-order valence-electron chi connectivity index (χ3n) is 12.8. The number of rotatable bonds is 4. The van der Waals surface area contributed by atoms with Crippen molar-refractivity contribution in [3.63, 3.8) is 0 Å². The van der Waals surface area contributed by atoms with E-state index >= 15 is 0 Å². The van der Waals surface area contributed by atoms with Gasteiger partial charge in [-0.05, 0) is 82.2 Å². The maximum absolute atomic E-state index is 6.92. The van der Waals surface area contributed by atoms with Crippen molar-refractivity contribution in [2.75, 3.05) is 0 Å². The Bertz CT molecular complexity index is 4220. The van der Waals surface area contributed by atoms with Gasteiger partial charge in [0.2, 0.25) is 0 Å². The zero-order valence-corrected chi connectivity index (χ0v) is 34.4. The van der Waals surface area contributed by atoms with Gasteiger partial charge in [-0.15, -0.1) is 11.3 Å². The van der Waals surface area contributed by atoms with Crippen LogP contribution in [0.4, 0.5) is 0 Å². The largest absolute Gasteiger partial charge is 0.455 e. The first-order chi connectivity index (χ1) is 31.2. The first-order valence-corrected chi connectivity index (χ1v) is 22.0. The molecule has 14 rings (SSSR count). The zero-order chi connectivity index (χ0) is 41.2. The highest BCUT2D eigenvalue weighted by atomic mass is 32.1. The van der Waals surface area contributed by atoms with Crippen LogP contribution in [0.1, 0.15) is 0 Å². The Hall–Kier alpha value is -8.19. The average Bonchev–Trinajstić information content (AvgIpc) is 4.02. The van der Waals surface area contributed by atoms with E-state index in [9.17, 15) is 0 Å². The quantitative estimate of drug-likeness (QED) is 0.177. The minimum absolute atomic E-state index is 0.590. The highest BCUT2D eigenvalue weighted by Crippen LogP contribution is 2.44. The van der Waals surface area contributed by atoms with Gasteiger partial charge in [0.25, 0.3) is 0 Å². The standard InChI is InChI=1S/C57H32N4OS/c1-2-13-34(14-3-1)55-58-56(37-24-27-52-44(29-37)42-19-10-11-21-51(42)63-52)60-57(59-55)38-22-25-41-45-32-49(40-18-8-9-20-43(40)54(45)62-50(41)31-38)61-47-26-23-33-12-6-7-17-39(33)53(47)46-28-35-15-4-5-16-36(35)30-48(46)61/h1-32H. The van der Waals surface area contributed by atoms with Crippen molar-refractivity contribution < 1.29 is 4.42 Å². The highest BCUT2D eigenvalue weighted by molar-refractivity contribution is 7.25. The van der Waals surface area contributed by atoms with Crippen molar-refractivity contribution in [1.29, 1.82) is 0 Å². The summed E-state index contributed by atoms with van der Waals surface area (Å²) in [6, 6.07) is 69.2. The van der Waals surface area contributed by atoms with Crippen molar-refractivity contribution in [2.45, 2.75) is 0 Å². The van der Waals surface area contributed by atoms with Crippen molar-refractivity contribution in [2.24, 2.45) is 0 Å². The van der Waals surface area contributed by atoms with Crippen LogP contribution in [0.5, 0.6) is 0 Å². The Morgan fingerprint density at radius 3 is 1.83 bits per heavy atom. The van der Waals surface area contributed by atoms with E-state index < -0.39 is 0 Å². The molecule has 0 spiro atoms. The SMILES string of the molecule is c1ccc(-c2nc(-c3ccc4c(c3)oc3c5ccccc5c(-n5c6cc7ccccc7cc6c6c7ccccc7ccc65)cc43)nc(-c3ccc4sc5ccccc5c4c3)n2)cc1. The molecule has 0 amide bonds. The number of hydrogen-bond acceptors (Lipinski definition) is 5. The predicted molar refractivity (Wildman–Crippen MR) is 263 cm³/mol. The molecule has 0 aliphatic heterocycles. The molecule has 4 aromatic heterocycles. The molecule has 0 radical (unpaired) electrons. The molecule has 4 heterocycles. The second-order valence-corrected chi connectivity index (χ2v) is 17.4. The molecule has 63 heavy (non-hydrogen) atoms. The third-order valence-corrected chi connectivity index (χ3v) is 13.9. The smallest absolute Gasteiger partial charge is 0.164 e. The normalized spacial score (nSPS) is 12.1. The van der Waals surface area contributed by atoms with Gasteiger partial charge >= 0.3 is 0 Å². The molecule has 0 saturated carbocycles. The number of hydrogen-bond donors (Lipinski definition) is 0. The number of benzene rings is 10. The van der Waals surface area contributed by atoms with E-state index in [1.54, 1.807) is 11.3 Å². The van der Waals surface area contributed by atoms with Crippen LogP contribution >= 0.6 is 11.3 Å². The summed E-state index contributed by atoms with van der Waals surface area (Å²) in [4.78, 5) is 15.3. The Kier molecular flexibility index (Phi) is 7.21. The number of fused-ring (bicyclic) bond motifs is 14.